The number of esters is 1. The van der Waals surface area contributed by atoms with E-state index < -0.39 is 6.10 Å². The Bertz CT molecular complexity index is 1130. The van der Waals surface area contributed by atoms with Gasteiger partial charge in [-0.25, -0.2) is 0 Å². The summed E-state index contributed by atoms with van der Waals surface area (Å²) >= 11 is 1.05. The van der Waals surface area contributed by atoms with Gasteiger partial charge in [-0.05, 0) is 5.56 Å². The molecule has 0 spiro atoms. The fourth-order valence-electron chi connectivity index (χ4n) is 4.06. The Labute approximate surface area is 208 Å². The third-order valence-electron chi connectivity index (χ3n) is 5.76. The number of ketones is 1. The van der Waals surface area contributed by atoms with Gasteiger partial charge >= 0.3 is 168 Å². The molecule has 0 bridgehead atoms. The number of methoxy groups -OCH3 is 1. The first-order valence-electron chi connectivity index (χ1n) is 11.0. The van der Waals surface area contributed by atoms with E-state index in [1.165, 1.54) is 16.0 Å². The molecule has 4 rings (SSSR count). The van der Waals surface area contributed by atoms with Gasteiger partial charge in [-0.3, -0.25) is 4.79 Å². The summed E-state index contributed by atoms with van der Waals surface area (Å²) in [6.45, 7) is 0.358. The van der Waals surface area contributed by atoms with Crippen LogP contribution in [0.3, 0.4) is 0 Å². The predicted octanol–water partition coefficient (Wildman–Crippen LogP) is 3.32. The predicted molar refractivity (Wildman–Crippen MR) is 126 cm³/mol. The Balaban J connectivity index is 1.41. The average Bonchev–Trinajstić information content (AvgIpc) is 2.82. The van der Waals surface area contributed by atoms with Crippen molar-refractivity contribution < 1.29 is 23.8 Å². The molecule has 0 aromatic heterocycles. The number of ether oxygens (including phenoxy) is 3. The number of hydrogen-bond acceptors (Lipinski definition) is 5. The average molecular weight is 544 g/mol. The van der Waals surface area contributed by atoms with Crippen molar-refractivity contribution in [3.05, 3.63) is 89.5 Å². The SMILES string of the molecule is COC(=O)Cc1ccc(OCCC2Oc3ccccc3C(Cc3ccc[c]([In])c3)C2=O)cc1. The minimum Gasteiger partial charge on any atom is -0.0548 e. The Morgan fingerprint density at radius 3 is 2.55 bits per heavy atom. The number of fused-ring (bicyclic) bond motifs is 1. The van der Waals surface area contributed by atoms with Crippen molar-refractivity contribution in [3.63, 3.8) is 0 Å². The van der Waals surface area contributed by atoms with E-state index in [1.807, 2.05) is 48.5 Å². The van der Waals surface area contributed by atoms with Crippen molar-refractivity contribution in [2.24, 2.45) is 0 Å². The number of para-hydroxylation sites is 1. The standard InChI is InChI=1S/C27H25O5.In/c1-30-26(28)18-20-11-13-21(14-12-20)31-16-15-25-27(29)23(17-19-7-3-2-4-8-19)22-9-5-6-10-24(22)32-25;/h2-3,5-14,23,25H,15-18H2,1H3;. The molecule has 3 aromatic rings. The summed E-state index contributed by atoms with van der Waals surface area (Å²) in [5.74, 6) is 1.07. The van der Waals surface area contributed by atoms with Crippen LogP contribution in [0.5, 0.6) is 11.5 Å². The van der Waals surface area contributed by atoms with Crippen molar-refractivity contribution in [1.82, 2.24) is 0 Å². The number of carbonyl (C=O) groups is 2. The van der Waals surface area contributed by atoms with Crippen molar-refractivity contribution >= 4 is 39.4 Å². The van der Waals surface area contributed by atoms with Crippen LogP contribution in [0.25, 0.3) is 0 Å². The topological polar surface area (TPSA) is 61.8 Å². The van der Waals surface area contributed by atoms with Crippen LogP contribution in [0.15, 0.2) is 72.8 Å². The number of carbonyl (C=O) groups excluding carboxylic acids is 2. The van der Waals surface area contributed by atoms with E-state index in [0.29, 0.717) is 25.2 Å². The second-order valence-electron chi connectivity index (χ2n) is 8.08. The normalized spacial score (nSPS) is 17.1. The fraction of sp³-hybridized carbons (Fsp3) is 0.259. The van der Waals surface area contributed by atoms with E-state index in [0.717, 1.165) is 41.3 Å². The van der Waals surface area contributed by atoms with Crippen LogP contribution in [0.4, 0.5) is 0 Å². The Morgan fingerprint density at radius 2 is 1.79 bits per heavy atom. The molecule has 166 valence electrons. The van der Waals surface area contributed by atoms with Crippen LogP contribution >= 0.6 is 0 Å². The van der Waals surface area contributed by atoms with Crippen molar-refractivity contribution in [1.29, 1.82) is 0 Å². The summed E-state index contributed by atoms with van der Waals surface area (Å²) in [6.07, 6.45) is 0.827. The molecule has 0 N–H and O–H groups in total. The second kappa shape index (κ2) is 10.9. The van der Waals surface area contributed by atoms with Crippen LogP contribution in [0.2, 0.25) is 0 Å². The zero-order valence-corrected chi connectivity index (χ0v) is 21.8. The molecule has 1 aliphatic rings. The van der Waals surface area contributed by atoms with Crippen LogP contribution in [0.1, 0.15) is 29.0 Å². The van der Waals surface area contributed by atoms with Gasteiger partial charge in [0.15, 0.2) is 0 Å². The minimum atomic E-state index is -0.540. The second-order valence-corrected chi connectivity index (χ2v) is 9.99. The molecule has 1 heterocycles. The molecule has 1 aliphatic heterocycles. The van der Waals surface area contributed by atoms with E-state index in [1.54, 1.807) is 0 Å². The summed E-state index contributed by atoms with van der Waals surface area (Å²) in [7, 11) is 1.37. The molecule has 0 saturated heterocycles. The smallest absolute Gasteiger partial charge is 0.0548 e. The summed E-state index contributed by atoms with van der Waals surface area (Å²) in [6, 6.07) is 23.6. The van der Waals surface area contributed by atoms with Crippen LogP contribution in [-0.2, 0) is 27.2 Å². The van der Waals surface area contributed by atoms with Crippen LogP contribution in [-0.4, -0.2) is 55.9 Å². The molecule has 0 fully saturated rings. The van der Waals surface area contributed by atoms with Crippen molar-refractivity contribution in [2.75, 3.05) is 13.7 Å². The van der Waals surface area contributed by atoms with Gasteiger partial charge in [-0.2, -0.15) is 0 Å². The molecule has 0 amide bonds. The Kier molecular flexibility index (Phi) is 7.76. The minimum absolute atomic E-state index is 0.101. The van der Waals surface area contributed by atoms with E-state index in [4.69, 9.17) is 9.47 Å². The third kappa shape index (κ3) is 5.99. The van der Waals surface area contributed by atoms with Gasteiger partial charge in [0.25, 0.3) is 0 Å². The van der Waals surface area contributed by atoms with E-state index >= 15 is 0 Å². The molecule has 2 radical (unpaired) electrons. The molecular formula is C27H25InO5. The molecule has 5 nitrogen and oxygen atoms in total. The zero-order chi connectivity index (χ0) is 23.2. The monoisotopic (exact) mass is 544 g/mol. The molecule has 6 heteroatoms. The van der Waals surface area contributed by atoms with Gasteiger partial charge < -0.3 is 4.74 Å². The number of benzene rings is 3. The quantitative estimate of drug-likeness (QED) is 0.408. The summed E-state index contributed by atoms with van der Waals surface area (Å²) in [5.41, 5.74) is 2.99. The van der Waals surface area contributed by atoms with E-state index in [2.05, 4.69) is 29.0 Å². The van der Waals surface area contributed by atoms with Gasteiger partial charge in [0.1, 0.15) is 0 Å². The third-order valence-corrected chi connectivity index (χ3v) is 6.79. The van der Waals surface area contributed by atoms with E-state index in [9.17, 15) is 9.59 Å². The van der Waals surface area contributed by atoms with Crippen LogP contribution < -0.4 is 12.8 Å². The van der Waals surface area contributed by atoms with Gasteiger partial charge in [0.05, 0.1) is 13.5 Å². The molecule has 3 aromatic carbocycles. The Morgan fingerprint density at radius 1 is 1.00 bits per heavy atom. The van der Waals surface area contributed by atoms with Crippen LogP contribution in [0, 0.1) is 0 Å². The first-order chi connectivity index (χ1) is 16.0. The molecule has 2 atom stereocenters. The molecule has 33 heavy (non-hydrogen) atoms. The van der Waals surface area contributed by atoms with Gasteiger partial charge in [0, 0.05) is 0 Å². The number of rotatable bonds is 8. The summed E-state index contributed by atoms with van der Waals surface area (Å²) in [4.78, 5) is 24.8. The van der Waals surface area contributed by atoms with E-state index in [-0.39, 0.29) is 24.1 Å². The fourth-order valence-corrected chi connectivity index (χ4v) is 4.99. The molecule has 0 aliphatic carbocycles. The molecule has 0 saturated carbocycles. The first kappa shape index (κ1) is 23.4. The summed E-state index contributed by atoms with van der Waals surface area (Å²) < 4.78 is 17.9. The number of hydrogen-bond donors (Lipinski definition) is 0. The number of Topliss-reactive ketones (excluding diaryl/α,β-unsaturated/α-hetero) is 1. The summed E-state index contributed by atoms with van der Waals surface area (Å²) in [5, 5.41) is 0. The van der Waals surface area contributed by atoms with Gasteiger partial charge in [-0.15, -0.1) is 0 Å². The molecule has 2 unspecified atom stereocenters. The van der Waals surface area contributed by atoms with Gasteiger partial charge in [0.2, 0.25) is 0 Å². The molecular weight excluding hydrogens is 519 g/mol. The maximum atomic E-state index is 13.4. The Hall–Kier alpha value is -2.73. The van der Waals surface area contributed by atoms with Gasteiger partial charge in [-0.1, -0.05) is 12.1 Å². The van der Waals surface area contributed by atoms with Crippen molar-refractivity contribution in [2.45, 2.75) is 31.3 Å². The zero-order valence-electron chi connectivity index (χ0n) is 18.5. The maximum absolute atomic E-state index is 13.4. The van der Waals surface area contributed by atoms with Crippen molar-refractivity contribution in [3.8, 4) is 11.5 Å². The first-order valence-corrected chi connectivity index (χ1v) is 12.6.